The van der Waals surface area contributed by atoms with Gasteiger partial charge in [-0.15, -0.1) is 0 Å². The van der Waals surface area contributed by atoms with E-state index in [-0.39, 0.29) is 0 Å². The Balaban J connectivity index is 2.12. The van der Waals surface area contributed by atoms with E-state index >= 15 is 0 Å². The van der Waals surface area contributed by atoms with Gasteiger partial charge in [-0.25, -0.2) is 4.79 Å². The molecule has 174 valence electrons. The highest BCUT2D eigenvalue weighted by atomic mass is 35.5. The zero-order chi connectivity index (χ0) is 24.1. The monoisotopic (exact) mass is 467 g/mol. The summed E-state index contributed by atoms with van der Waals surface area (Å²) in [6, 6.07) is 7.95. The summed E-state index contributed by atoms with van der Waals surface area (Å²) >= 11 is 6.70. The lowest BCUT2D eigenvalue weighted by Crippen LogP contribution is -2.28. The van der Waals surface area contributed by atoms with Crippen molar-refractivity contribution in [2.45, 2.75) is 66.1 Å². The highest BCUT2D eigenvalue weighted by molar-refractivity contribution is 6.32. The number of carboxylic acid groups (broad SMARTS) is 1. The molecule has 1 aliphatic rings. The second-order valence-electron chi connectivity index (χ2n) is 9.75. The van der Waals surface area contributed by atoms with Crippen molar-refractivity contribution in [3.8, 4) is 16.9 Å². The van der Waals surface area contributed by atoms with Gasteiger partial charge in [-0.1, -0.05) is 23.7 Å². The van der Waals surface area contributed by atoms with Crippen LogP contribution in [0.1, 0.15) is 61.2 Å². The summed E-state index contributed by atoms with van der Waals surface area (Å²) in [5.41, 5.74) is 6.25. The van der Waals surface area contributed by atoms with Crippen molar-refractivity contribution >= 4 is 28.5 Å². The first-order valence-corrected chi connectivity index (χ1v) is 11.6. The number of carboxylic acids is 1. The van der Waals surface area contributed by atoms with Crippen LogP contribution in [-0.2, 0) is 16.0 Å². The number of benzene rings is 2. The van der Waals surface area contributed by atoms with E-state index in [0.29, 0.717) is 22.9 Å². The smallest absolute Gasteiger partial charge is 0.337 e. The molecular formula is C27H30ClNO4. The van der Waals surface area contributed by atoms with Gasteiger partial charge in [-0.3, -0.25) is 4.98 Å². The Kier molecular flexibility index (Phi) is 6.14. The van der Waals surface area contributed by atoms with E-state index in [1.807, 2.05) is 58.9 Å². The van der Waals surface area contributed by atoms with Crippen molar-refractivity contribution in [3.63, 3.8) is 0 Å². The number of hydrogen-bond donors (Lipinski definition) is 1. The molecule has 0 amide bonds. The Labute approximate surface area is 199 Å². The molecule has 3 aromatic rings. The fourth-order valence-corrected chi connectivity index (χ4v) is 4.91. The maximum Gasteiger partial charge on any atom is 0.337 e. The SMILES string of the molecule is Cc1ccc2c(-c3cc(Cl)c4c(c3C)CCCO4)c([C@H](OC(C)(C)C)C(=O)O)c(C)nc2c1. The van der Waals surface area contributed by atoms with Crippen molar-refractivity contribution in [3.05, 3.63) is 57.2 Å². The molecule has 0 spiro atoms. The number of nitrogens with zero attached hydrogens (tertiary/aromatic N) is 1. The Morgan fingerprint density at radius 2 is 1.94 bits per heavy atom. The lowest BCUT2D eigenvalue weighted by atomic mass is 9.86. The topological polar surface area (TPSA) is 68.7 Å². The third kappa shape index (κ3) is 4.44. The molecule has 0 unspecified atom stereocenters. The number of ether oxygens (including phenoxy) is 2. The average Bonchev–Trinajstić information content (AvgIpc) is 2.73. The molecule has 1 aliphatic heterocycles. The second-order valence-corrected chi connectivity index (χ2v) is 10.2. The van der Waals surface area contributed by atoms with Gasteiger partial charge in [0.05, 0.1) is 22.7 Å². The van der Waals surface area contributed by atoms with Crippen LogP contribution < -0.4 is 4.74 Å². The fourth-order valence-electron chi connectivity index (χ4n) is 4.63. The van der Waals surface area contributed by atoms with Crippen molar-refractivity contribution in [1.82, 2.24) is 4.98 Å². The predicted molar refractivity (Wildman–Crippen MR) is 131 cm³/mol. The lowest BCUT2D eigenvalue weighted by Gasteiger charge is -2.29. The van der Waals surface area contributed by atoms with Crippen LogP contribution in [0.5, 0.6) is 5.75 Å². The number of aromatic nitrogens is 1. The van der Waals surface area contributed by atoms with Crippen molar-refractivity contribution in [2.75, 3.05) is 6.61 Å². The van der Waals surface area contributed by atoms with E-state index in [9.17, 15) is 9.90 Å². The minimum Gasteiger partial charge on any atom is -0.492 e. The Morgan fingerprint density at radius 1 is 1.21 bits per heavy atom. The van der Waals surface area contributed by atoms with E-state index in [1.165, 1.54) is 0 Å². The van der Waals surface area contributed by atoms with Gasteiger partial charge in [0.2, 0.25) is 0 Å². The maximum absolute atomic E-state index is 12.5. The third-order valence-corrected chi connectivity index (χ3v) is 6.31. The number of aryl methyl sites for hydroxylation is 2. The van der Waals surface area contributed by atoms with E-state index < -0.39 is 17.7 Å². The van der Waals surface area contributed by atoms with Gasteiger partial charge in [0.1, 0.15) is 5.75 Å². The summed E-state index contributed by atoms with van der Waals surface area (Å²) in [7, 11) is 0. The summed E-state index contributed by atoms with van der Waals surface area (Å²) in [4.78, 5) is 17.3. The maximum atomic E-state index is 12.5. The molecule has 0 saturated heterocycles. The summed E-state index contributed by atoms with van der Waals surface area (Å²) in [5.74, 6) is -0.315. The normalized spacial score (nSPS) is 14.6. The largest absolute Gasteiger partial charge is 0.492 e. The number of pyridine rings is 1. The molecule has 33 heavy (non-hydrogen) atoms. The highest BCUT2D eigenvalue weighted by Gasteiger charge is 2.33. The molecule has 5 nitrogen and oxygen atoms in total. The molecular weight excluding hydrogens is 438 g/mol. The van der Waals surface area contributed by atoms with Crippen LogP contribution in [0, 0.1) is 20.8 Å². The third-order valence-electron chi connectivity index (χ3n) is 6.03. The van der Waals surface area contributed by atoms with Crippen molar-refractivity contribution in [2.24, 2.45) is 0 Å². The summed E-state index contributed by atoms with van der Waals surface area (Å²) < 4.78 is 12.0. The van der Waals surface area contributed by atoms with Crippen LogP contribution in [0.4, 0.5) is 0 Å². The van der Waals surface area contributed by atoms with Gasteiger partial charge in [0.25, 0.3) is 0 Å². The van der Waals surface area contributed by atoms with Gasteiger partial charge >= 0.3 is 5.97 Å². The Hall–Kier alpha value is -2.63. The number of aliphatic carboxylic acids is 1. The molecule has 0 radical (unpaired) electrons. The first-order chi connectivity index (χ1) is 15.5. The molecule has 2 heterocycles. The molecule has 0 aliphatic carbocycles. The van der Waals surface area contributed by atoms with Gasteiger partial charge in [-0.05, 0) is 94.3 Å². The standard InChI is InChI=1S/C27H30ClNO4/c1-14-9-10-18-21(12-14)29-16(3)22(25(26(30)31)33-27(4,5)6)23(18)19-13-20(28)24-17(15(19)2)8-7-11-32-24/h9-10,12-13,25H,7-8,11H2,1-6H3,(H,30,31)/t25-/m0/s1. The number of halogens is 1. The van der Waals surface area contributed by atoms with E-state index in [2.05, 4.69) is 6.92 Å². The van der Waals surface area contributed by atoms with Gasteiger partial charge < -0.3 is 14.6 Å². The molecule has 0 bridgehead atoms. The first kappa shape index (κ1) is 23.5. The van der Waals surface area contributed by atoms with E-state index in [0.717, 1.165) is 57.3 Å². The summed E-state index contributed by atoms with van der Waals surface area (Å²) in [5, 5.41) is 11.6. The fraction of sp³-hybridized carbons (Fsp3) is 0.407. The Morgan fingerprint density at radius 3 is 2.61 bits per heavy atom. The molecule has 1 atom stereocenters. The highest BCUT2D eigenvalue weighted by Crippen LogP contribution is 2.45. The average molecular weight is 468 g/mol. The molecule has 0 saturated carbocycles. The molecule has 0 fully saturated rings. The Bertz CT molecular complexity index is 1260. The van der Waals surface area contributed by atoms with Gasteiger partial charge in [0, 0.05) is 16.6 Å². The predicted octanol–water partition coefficient (Wildman–Crippen LogP) is 6.75. The first-order valence-electron chi connectivity index (χ1n) is 11.2. The van der Waals surface area contributed by atoms with Gasteiger partial charge in [0.15, 0.2) is 6.10 Å². The van der Waals surface area contributed by atoms with Crippen LogP contribution in [0.3, 0.4) is 0 Å². The zero-order valence-corrected chi connectivity index (χ0v) is 20.8. The second kappa shape index (κ2) is 8.62. The van der Waals surface area contributed by atoms with Crippen LogP contribution in [0.25, 0.3) is 22.0 Å². The van der Waals surface area contributed by atoms with Crippen LogP contribution in [-0.4, -0.2) is 28.3 Å². The van der Waals surface area contributed by atoms with Crippen LogP contribution in [0.15, 0.2) is 24.3 Å². The zero-order valence-electron chi connectivity index (χ0n) is 20.0. The molecule has 1 aromatic heterocycles. The molecule has 2 aromatic carbocycles. The van der Waals surface area contributed by atoms with Crippen molar-refractivity contribution in [1.29, 1.82) is 0 Å². The summed E-state index contributed by atoms with van der Waals surface area (Å²) in [6.07, 6.45) is 0.607. The minimum absolute atomic E-state index is 0.537. The van der Waals surface area contributed by atoms with E-state index in [1.54, 1.807) is 0 Å². The number of rotatable bonds is 4. The van der Waals surface area contributed by atoms with Crippen LogP contribution in [0.2, 0.25) is 5.02 Å². The van der Waals surface area contributed by atoms with Crippen molar-refractivity contribution < 1.29 is 19.4 Å². The van der Waals surface area contributed by atoms with Gasteiger partial charge in [-0.2, -0.15) is 0 Å². The number of carbonyl (C=O) groups is 1. The number of fused-ring (bicyclic) bond motifs is 2. The quantitative estimate of drug-likeness (QED) is 0.459. The molecule has 1 N–H and O–H groups in total. The number of hydrogen-bond acceptors (Lipinski definition) is 4. The van der Waals surface area contributed by atoms with Crippen LogP contribution >= 0.6 is 11.6 Å². The minimum atomic E-state index is -1.18. The summed E-state index contributed by atoms with van der Waals surface area (Å²) in [6.45, 7) is 12.1. The molecule has 6 heteroatoms. The van der Waals surface area contributed by atoms with E-state index in [4.69, 9.17) is 26.1 Å². The lowest BCUT2D eigenvalue weighted by molar-refractivity contribution is -0.160. The molecule has 4 rings (SSSR count).